The summed E-state index contributed by atoms with van der Waals surface area (Å²) in [5.74, 6) is -1.09. The average Bonchev–Trinajstić information content (AvgIpc) is 3.30. The molecule has 39 heavy (non-hydrogen) atoms. The van der Waals surface area contributed by atoms with E-state index in [0.717, 1.165) is 17.5 Å². The van der Waals surface area contributed by atoms with Crippen molar-refractivity contribution in [1.29, 1.82) is 0 Å². The van der Waals surface area contributed by atoms with E-state index in [1.807, 2.05) is 12.1 Å². The number of anilines is 2. The Labute approximate surface area is 226 Å². The molecule has 0 aliphatic heterocycles. The number of halogens is 4. The van der Waals surface area contributed by atoms with Crippen molar-refractivity contribution in [3.05, 3.63) is 95.4 Å². The maximum atomic E-state index is 13.5. The smallest absolute Gasteiger partial charge is 0.377 e. The number of H-pyrrole nitrogens is 1. The number of aromatic nitrogens is 3. The maximum absolute atomic E-state index is 13.5. The van der Waals surface area contributed by atoms with Crippen molar-refractivity contribution >= 4 is 57.5 Å². The Balaban J connectivity index is 0.00000353. The Morgan fingerprint density at radius 1 is 0.923 bits per heavy atom. The van der Waals surface area contributed by atoms with Crippen molar-refractivity contribution in [3.63, 3.8) is 0 Å². The summed E-state index contributed by atoms with van der Waals surface area (Å²) < 4.78 is 45.5. The summed E-state index contributed by atoms with van der Waals surface area (Å²) in [5.41, 5.74) is 0.317. The van der Waals surface area contributed by atoms with Crippen LogP contribution in [0.3, 0.4) is 0 Å². The standard InChI is InChI=1S/C27H20F3N5O3.ClH/c1-38-14-22-33-21-13-16(32-25(36)17-8-2-3-9-19(17)27(28,29)30)12-18(24(21)35-22)26(37)34-20-10-4-6-15-7-5-11-31-23(15)20;/h2-13H,14H2,1H3,(H,32,36)(H,33,35)(H,34,37);1H. The molecule has 0 aliphatic carbocycles. The zero-order chi connectivity index (χ0) is 26.9. The van der Waals surface area contributed by atoms with Crippen LogP contribution in [0.2, 0.25) is 0 Å². The van der Waals surface area contributed by atoms with Gasteiger partial charge in [0.15, 0.2) is 0 Å². The van der Waals surface area contributed by atoms with Crippen molar-refractivity contribution in [2.24, 2.45) is 0 Å². The third-order valence-corrected chi connectivity index (χ3v) is 5.78. The number of carbonyl (C=O) groups excluding carboxylic acids is 2. The average molecular weight is 556 g/mol. The monoisotopic (exact) mass is 555 g/mol. The van der Waals surface area contributed by atoms with Crippen molar-refractivity contribution in [2.45, 2.75) is 12.8 Å². The number of rotatable bonds is 6. The molecule has 0 aliphatic rings. The van der Waals surface area contributed by atoms with Crippen molar-refractivity contribution in [3.8, 4) is 0 Å². The quantitative estimate of drug-likeness (QED) is 0.231. The molecular formula is C27H21ClF3N5O3. The molecule has 0 bridgehead atoms. The number of methoxy groups -OCH3 is 1. The number of hydrogen-bond donors (Lipinski definition) is 3. The first kappa shape index (κ1) is 27.6. The minimum absolute atomic E-state index is 0. The molecule has 5 aromatic rings. The van der Waals surface area contributed by atoms with Gasteiger partial charge < -0.3 is 20.4 Å². The molecule has 0 saturated heterocycles. The van der Waals surface area contributed by atoms with Crippen LogP contribution in [0.5, 0.6) is 0 Å². The second kappa shape index (κ2) is 11.1. The summed E-state index contributed by atoms with van der Waals surface area (Å²) in [6.45, 7) is 0.129. The molecule has 3 N–H and O–H groups in total. The second-order valence-corrected chi connectivity index (χ2v) is 8.37. The second-order valence-electron chi connectivity index (χ2n) is 8.37. The van der Waals surface area contributed by atoms with E-state index in [1.165, 1.54) is 31.4 Å². The van der Waals surface area contributed by atoms with E-state index in [0.29, 0.717) is 28.1 Å². The summed E-state index contributed by atoms with van der Waals surface area (Å²) >= 11 is 0. The van der Waals surface area contributed by atoms with Crippen LogP contribution in [0.25, 0.3) is 21.9 Å². The molecule has 200 valence electrons. The van der Waals surface area contributed by atoms with Crippen molar-refractivity contribution in [2.75, 3.05) is 17.7 Å². The van der Waals surface area contributed by atoms with Crippen LogP contribution in [-0.4, -0.2) is 33.9 Å². The first-order valence-electron chi connectivity index (χ1n) is 11.4. The SMILES string of the molecule is COCc1nc2c(C(=O)Nc3cccc4cccnc34)cc(NC(=O)c3ccccc3C(F)(F)F)cc2[nH]1.Cl. The number of para-hydroxylation sites is 1. The van der Waals surface area contributed by atoms with E-state index >= 15 is 0 Å². The number of hydrogen-bond acceptors (Lipinski definition) is 5. The van der Waals surface area contributed by atoms with Crippen LogP contribution >= 0.6 is 12.4 Å². The van der Waals surface area contributed by atoms with Crippen LogP contribution < -0.4 is 10.6 Å². The first-order valence-corrected chi connectivity index (χ1v) is 11.4. The fourth-order valence-corrected chi connectivity index (χ4v) is 4.14. The van der Waals surface area contributed by atoms with Gasteiger partial charge in [-0.05, 0) is 36.4 Å². The molecule has 0 radical (unpaired) electrons. The Kier molecular flexibility index (Phi) is 7.84. The minimum atomic E-state index is -4.71. The van der Waals surface area contributed by atoms with Crippen LogP contribution in [0.1, 0.15) is 32.1 Å². The van der Waals surface area contributed by atoms with E-state index in [9.17, 15) is 22.8 Å². The molecule has 0 fully saturated rings. The number of nitrogens with zero attached hydrogens (tertiary/aromatic N) is 2. The van der Waals surface area contributed by atoms with E-state index in [2.05, 4.69) is 25.6 Å². The molecule has 0 saturated carbocycles. The highest BCUT2D eigenvalue weighted by molar-refractivity contribution is 6.15. The molecule has 5 rings (SSSR count). The van der Waals surface area contributed by atoms with Crippen molar-refractivity contribution < 1.29 is 27.5 Å². The molecule has 0 spiro atoms. The molecule has 2 heterocycles. The summed E-state index contributed by atoms with van der Waals surface area (Å²) in [4.78, 5) is 38.1. The summed E-state index contributed by atoms with van der Waals surface area (Å²) in [5, 5.41) is 6.13. The van der Waals surface area contributed by atoms with Gasteiger partial charge in [-0.15, -0.1) is 12.4 Å². The molecule has 3 aromatic carbocycles. The predicted molar refractivity (Wildman–Crippen MR) is 143 cm³/mol. The zero-order valence-electron chi connectivity index (χ0n) is 20.3. The van der Waals surface area contributed by atoms with Crippen LogP contribution in [0.4, 0.5) is 24.5 Å². The van der Waals surface area contributed by atoms with Crippen molar-refractivity contribution in [1.82, 2.24) is 15.0 Å². The molecule has 12 heteroatoms. The molecule has 0 unspecified atom stereocenters. The number of pyridine rings is 1. The normalized spacial score (nSPS) is 11.3. The maximum Gasteiger partial charge on any atom is 0.417 e. The van der Waals surface area contributed by atoms with Gasteiger partial charge >= 0.3 is 6.18 Å². The van der Waals surface area contributed by atoms with Gasteiger partial charge in [0.05, 0.1) is 33.4 Å². The summed E-state index contributed by atoms with van der Waals surface area (Å²) in [6, 6.07) is 16.3. The Morgan fingerprint density at radius 3 is 2.44 bits per heavy atom. The Bertz CT molecular complexity index is 1680. The van der Waals surface area contributed by atoms with E-state index in [1.54, 1.807) is 24.4 Å². The summed E-state index contributed by atoms with van der Waals surface area (Å²) in [6.07, 6.45) is -3.11. The highest BCUT2D eigenvalue weighted by Gasteiger charge is 2.35. The first-order chi connectivity index (χ1) is 18.2. The van der Waals surface area contributed by atoms with Gasteiger partial charge in [-0.3, -0.25) is 14.6 Å². The highest BCUT2D eigenvalue weighted by Crippen LogP contribution is 2.33. The molecule has 2 amide bonds. The van der Waals surface area contributed by atoms with Gasteiger partial charge in [0.1, 0.15) is 17.9 Å². The van der Waals surface area contributed by atoms with Crippen LogP contribution in [0.15, 0.2) is 72.9 Å². The minimum Gasteiger partial charge on any atom is -0.377 e. The van der Waals surface area contributed by atoms with Gasteiger partial charge in [0.25, 0.3) is 11.8 Å². The Morgan fingerprint density at radius 2 is 1.67 bits per heavy atom. The third-order valence-electron chi connectivity index (χ3n) is 5.78. The lowest BCUT2D eigenvalue weighted by atomic mass is 10.1. The number of alkyl halides is 3. The van der Waals surface area contributed by atoms with E-state index in [-0.39, 0.29) is 30.3 Å². The van der Waals surface area contributed by atoms with Gasteiger partial charge in [-0.25, -0.2) is 4.98 Å². The van der Waals surface area contributed by atoms with Gasteiger partial charge in [-0.2, -0.15) is 13.2 Å². The number of fused-ring (bicyclic) bond motifs is 2. The largest absolute Gasteiger partial charge is 0.417 e. The van der Waals surface area contributed by atoms with Gasteiger partial charge in [-0.1, -0.05) is 30.3 Å². The number of amides is 2. The third kappa shape index (κ3) is 5.69. The van der Waals surface area contributed by atoms with E-state index < -0.39 is 29.1 Å². The zero-order valence-corrected chi connectivity index (χ0v) is 21.1. The lowest BCUT2D eigenvalue weighted by Crippen LogP contribution is -2.19. The Hall–Kier alpha value is -4.48. The van der Waals surface area contributed by atoms with Crippen LogP contribution in [-0.2, 0) is 17.5 Å². The number of carbonyl (C=O) groups is 2. The predicted octanol–water partition coefficient (Wildman–Crippen LogP) is 6.20. The summed E-state index contributed by atoms with van der Waals surface area (Å²) in [7, 11) is 1.48. The van der Waals surface area contributed by atoms with Crippen LogP contribution in [0, 0.1) is 0 Å². The highest BCUT2D eigenvalue weighted by atomic mass is 35.5. The molecular weight excluding hydrogens is 535 g/mol. The van der Waals surface area contributed by atoms with E-state index in [4.69, 9.17) is 4.74 Å². The van der Waals surface area contributed by atoms with Gasteiger partial charge in [0.2, 0.25) is 0 Å². The number of nitrogens with one attached hydrogen (secondary N) is 3. The number of ether oxygens (including phenoxy) is 1. The fourth-order valence-electron chi connectivity index (χ4n) is 4.14. The lowest BCUT2D eigenvalue weighted by Gasteiger charge is -2.14. The topological polar surface area (TPSA) is 109 Å². The molecule has 8 nitrogen and oxygen atoms in total. The lowest BCUT2D eigenvalue weighted by molar-refractivity contribution is -0.137. The number of benzene rings is 3. The number of aromatic amines is 1. The molecule has 2 aromatic heterocycles. The number of imidazole rings is 1. The van der Waals surface area contributed by atoms with Gasteiger partial charge in [0, 0.05) is 24.4 Å². The fraction of sp³-hybridized carbons (Fsp3) is 0.111. The molecule has 0 atom stereocenters.